The van der Waals surface area contributed by atoms with Crippen LogP contribution in [0.2, 0.25) is 0 Å². The summed E-state index contributed by atoms with van der Waals surface area (Å²) in [5.41, 5.74) is 2.62. The molecule has 108 valence electrons. The van der Waals surface area contributed by atoms with Crippen LogP contribution in [-0.2, 0) is 0 Å². The fourth-order valence-corrected chi connectivity index (χ4v) is 2.48. The fourth-order valence-electron chi connectivity index (χ4n) is 2.48. The predicted octanol–water partition coefficient (Wildman–Crippen LogP) is 4.43. The van der Waals surface area contributed by atoms with E-state index in [9.17, 15) is 4.39 Å². The molecule has 1 unspecified atom stereocenters. The summed E-state index contributed by atoms with van der Waals surface area (Å²) in [5, 5.41) is 3.42. The van der Waals surface area contributed by atoms with Crippen molar-refractivity contribution in [2.75, 3.05) is 6.54 Å². The zero-order chi connectivity index (χ0) is 14.7. The van der Waals surface area contributed by atoms with Gasteiger partial charge in [0.2, 0.25) is 0 Å². The Morgan fingerprint density at radius 2 is 1.90 bits per heavy atom. The maximum atomic E-state index is 14.3. The molecule has 1 heterocycles. The third-order valence-electron chi connectivity index (χ3n) is 3.46. The lowest BCUT2D eigenvalue weighted by atomic mass is 9.97. The van der Waals surface area contributed by atoms with E-state index in [1.54, 1.807) is 6.07 Å². The summed E-state index contributed by atoms with van der Waals surface area (Å²) in [4.78, 5) is 0. The molecular weight excluding hydrogens is 253 g/mol. The molecule has 0 bridgehead atoms. The lowest BCUT2D eigenvalue weighted by Crippen LogP contribution is -2.24. The van der Waals surface area contributed by atoms with Gasteiger partial charge < -0.3 is 9.73 Å². The minimum Gasteiger partial charge on any atom is -0.466 e. The van der Waals surface area contributed by atoms with Crippen LogP contribution >= 0.6 is 0 Å². The molecule has 0 aliphatic rings. The van der Waals surface area contributed by atoms with Crippen LogP contribution in [0.1, 0.15) is 47.6 Å². The molecule has 1 aromatic heterocycles. The van der Waals surface area contributed by atoms with Crippen LogP contribution in [-0.4, -0.2) is 6.54 Å². The normalized spacial score (nSPS) is 12.7. The van der Waals surface area contributed by atoms with E-state index < -0.39 is 0 Å². The molecule has 0 saturated heterocycles. The average Bonchev–Trinajstić information content (AvgIpc) is 2.71. The van der Waals surface area contributed by atoms with E-state index in [4.69, 9.17) is 4.42 Å². The molecule has 0 aliphatic carbocycles. The summed E-state index contributed by atoms with van der Waals surface area (Å²) in [6.07, 6.45) is 1.000. The minimum absolute atomic E-state index is 0.159. The van der Waals surface area contributed by atoms with Gasteiger partial charge in [0.1, 0.15) is 17.3 Å². The molecule has 20 heavy (non-hydrogen) atoms. The van der Waals surface area contributed by atoms with Gasteiger partial charge in [-0.05, 0) is 51.4 Å². The number of nitrogens with one attached hydrogen (secondary N) is 1. The van der Waals surface area contributed by atoms with Crippen molar-refractivity contribution in [2.45, 2.75) is 40.2 Å². The van der Waals surface area contributed by atoms with E-state index in [-0.39, 0.29) is 11.9 Å². The highest BCUT2D eigenvalue weighted by molar-refractivity contribution is 5.36. The van der Waals surface area contributed by atoms with Crippen LogP contribution in [0, 0.1) is 26.6 Å². The highest BCUT2D eigenvalue weighted by atomic mass is 19.1. The van der Waals surface area contributed by atoms with E-state index in [1.165, 1.54) is 0 Å². The quantitative estimate of drug-likeness (QED) is 0.873. The topological polar surface area (TPSA) is 25.2 Å². The van der Waals surface area contributed by atoms with Crippen molar-refractivity contribution in [3.63, 3.8) is 0 Å². The fraction of sp³-hybridized carbons (Fsp3) is 0.412. The highest BCUT2D eigenvalue weighted by Crippen LogP contribution is 2.29. The first-order chi connectivity index (χ1) is 9.52. The van der Waals surface area contributed by atoms with Crippen molar-refractivity contribution in [1.29, 1.82) is 0 Å². The minimum atomic E-state index is -0.170. The second-order valence-corrected chi connectivity index (χ2v) is 5.28. The van der Waals surface area contributed by atoms with E-state index >= 15 is 0 Å². The summed E-state index contributed by atoms with van der Waals surface area (Å²) in [7, 11) is 0. The zero-order valence-corrected chi connectivity index (χ0v) is 12.6. The number of rotatable bonds is 5. The molecule has 1 N–H and O–H groups in total. The van der Waals surface area contributed by atoms with E-state index in [1.807, 2.05) is 39.0 Å². The molecule has 1 aromatic carbocycles. The summed E-state index contributed by atoms with van der Waals surface area (Å²) >= 11 is 0. The van der Waals surface area contributed by atoms with Crippen LogP contribution in [0.25, 0.3) is 0 Å². The molecule has 1 atom stereocenters. The van der Waals surface area contributed by atoms with Gasteiger partial charge in [-0.1, -0.05) is 19.1 Å². The highest BCUT2D eigenvalue weighted by Gasteiger charge is 2.21. The molecular formula is C17H22FNO. The Bertz CT molecular complexity index is 589. The summed E-state index contributed by atoms with van der Waals surface area (Å²) in [6, 6.07) is 7.22. The number of halogens is 1. The Morgan fingerprint density at radius 1 is 1.15 bits per heavy atom. The Hall–Kier alpha value is -1.61. The monoisotopic (exact) mass is 275 g/mol. The molecule has 2 rings (SSSR count). The maximum Gasteiger partial charge on any atom is 0.128 e. The van der Waals surface area contributed by atoms with Crippen molar-refractivity contribution < 1.29 is 8.81 Å². The standard InChI is InChI=1S/C17H22FNO/c1-5-8-19-17(15-10-12(3)20-13(15)4)14-7-6-11(2)9-16(14)18/h6-7,9-10,17,19H,5,8H2,1-4H3. The van der Waals surface area contributed by atoms with Gasteiger partial charge >= 0.3 is 0 Å². The van der Waals surface area contributed by atoms with Crippen LogP contribution in [0.15, 0.2) is 28.7 Å². The number of aryl methyl sites for hydroxylation is 3. The molecule has 2 nitrogen and oxygen atoms in total. The summed E-state index contributed by atoms with van der Waals surface area (Å²) < 4.78 is 19.9. The molecule has 2 aromatic rings. The van der Waals surface area contributed by atoms with Gasteiger partial charge in [-0.25, -0.2) is 4.39 Å². The average molecular weight is 275 g/mol. The smallest absolute Gasteiger partial charge is 0.128 e. The van der Waals surface area contributed by atoms with Crippen LogP contribution in [0.3, 0.4) is 0 Å². The molecule has 0 aliphatic heterocycles. The molecule has 0 fully saturated rings. The van der Waals surface area contributed by atoms with Gasteiger partial charge in [0.15, 0.2) is 0 Å². The summed E-state index contributed by atoms with van der Waals surface area (Å²) in [6.45, 7) is 8.67. The lowest BCUT2D eigenvalue weighted by Gasteiger charge is -2.19. The van der Waals surface area contributed by atoms with Crippen molar-refractivity contribution in [2.24, 2.45) is 0 Å². The van der Waals surface area contributed by atoms with E-state index in [0.717, 1.165) is 35.6 Å². The molecule has 3 heteroatoms. The van der Waals surface area contributed by atoms with E-state index in [2.05, 4.69) is 12.2 Å². The van der Waals surface area contributed by atoms with Crippen LogP contribution in [0.4, 0.5) is 4.39 Å². The molecule has 0 radical (unpaired) electrons. The van der Waals surface area contributed by atoms with Crippen LogP contribution in [0.5, 0.6) is 0 Å². The Kier molecular flexibility index (Phi) is 4.61. The van der Waals surface area contributed by atoms with Gasteiger partial charge in [-0.3, -0.25) is 0 Å². The SMILES string of the molecule is CCCNC(c1ccc(C)cc1F)c1cc(C)oc1C. The number of hydrogen-bond acceptors (Lipinski definition) is 2. The zero-order valence-electron chi connectivity index (χ0n) is 12.6. The van der Waals surface area contributed by atoms with E-state index in [0.29, 0.717) is 5.56 Å². The van der Waals surface area contributed by atoms with Crippen molar-refractivity contribution in [3.8, 4) is 0 Å². The first-order valence-corrected chi connectivity index (χ1v) is 7.09. The third kappa shape index (κ3) is 3.10. The second-order valence-electron chi connectivity index (χ2n) is 5.28. The Labute approximate surface area is 120 Å². The van der Waals surface area contributed by atoms with Crippen molar-refractivity contribution in [3.05, 3.63) is 58.3 Å². The van der Waals surface area contributed by atoms with Crippen molar-refractivity contribution >= 4 is 0 Å². The van der Waals surface area contributed by atoms with Gasteiger partial charge in [0.25, 0.3) is 0 Å². The van der Waals surface area contributed by atoms with Crippen molar-refractivity contribution in [1.82, 2.24) is 5.32 Å². The largest absolute Gasteiger partial charge is 0.466 e. The number of benzene rings is 1. The van der Waals surface area contributed by atoms with Crippen LogP contribution < -0.4 is 5.32 Å². The second kappa shape index (κ2) is 6.23. The Morgan fingerprint density at radius 3 is 2.45 bits per heavy atom. The number of furan rings is 1. The molecule has 0 amide bonds. The summed E-state index contributed by atoms with van der Waals surface area (Å²) in [5.74, 6) is 1.53. The first kappa shape index (κ1) is 14.8. The van der Waals surface area contributed by atoms with Gasteiger partial charge in [0.05, 0.1) is 6.04 Å². The van der Waals surface area contributed by atoms with Gasteiger partial charge in [-0.2, -0.15) is 0 Å². The first-order valence-electron chi connectivity index (χ1n) is 7.09. The number of hydrogen-bond donors (Lipinski definition) is 1. The Balaban J connectivity index is 2.44. The lowest BCUT2D eigenvalue weighted by molar-refractivity contribution is 0.490. The maximum absolute atomic E-state index is 14.3. The third-order valence-corrected chi connectivity index (χ3v) is 3.46. The van der Waals surface area contributed by atoms with Gasteiger partial charge in [0, 0.05) is 11.1 Å². The van der Waals surface area contributed by atoms with Gasteiger partial charge in [-0.15, -0.1) is 0 Å². The molecule has 0 saturated carbocycles. The predicted molar refractivity (Wildman–Crippen MR) is 79.5 cm³/mol. The molecule has 0 spiro atoms.